The number of hydrogen-bond donors (Lipinski definition) is 2. The summed E-state index contributed by atoms with van der Waals surface area (Å²) in [6.45, 7) is 0.565. The molecular weight excluding hydrogens is 248 g/mol. The Hall–Kier alpha value is -2.02. The maximum atomic E-state index is 11.8. The quantitative estimate of drug-likeness (QED) is 0.731. The molecule has 0 unspecified atom stereocenters. The minimum atomic E-state index is -0.926. The van der Waals surface area contributed by atoms with Crippen LogP contribution in [0.25, 0.3) is 0 Å². The number of carboxylic acid groups (broad SMARTS) is 1. The first-order valence-electron chi connectivity index (χ1n) is 6.14. The number of rotatable bonds is 7. The molecule has 7 heteroatoms. The van der Waals surface area contributed by atoms with Crippen LogP contribution < -0.4 is 5.32 Å². The van der Waals surface area contributed by atoms with Crippen molar-refractivity contribution >= 4 is 17.8 Å². The normalized spacial score (nSPS) is 14.4. The van der Waals surface area contributed by atoms with Gasteiger partial charge in [-0.05, 0) is 24.8 Å². The van der Waals surface area contributed by atoms with Crippen molar-refractivity contribution in [2.75, 3.05) is 25.0 Å². The Bertz CT molecular complexity index is 448. The summed E-state index contributed by atoms with van der Waals surface area (Å²) in [5.74, 6) is -0.466. The third kappa shape index (κ3) is 5.01. The van der Waals surface area contributed by atoms with Gasteiger partial charge in [-0.15, -0.1) is 0 Å². The lowest BCUT2D eigenvalue weighted by atomic mass is 10.3. The topological polar surface area (TPSA) is 95.4 Å². The molecule has 2 rings (SSSR count). The highest BCUT2D eigenvalue weighted by atomic mass is 16.4. The second-order valence-electron chi connectivity index (χ2n) is 4.63. The molecule has 1 aliphatic carbocycles. The number of carbonyl (C=O) groups is 2. The van der Waals surface area contributed by atoms with Crippen LogP contribution in [0.15, 0.2) is 18.5 Å². The number of amides is 1. The van der Waals surface area contributed by atoms with E-state index in [0.29, 0.717) is 12.5 Å². The van der Waals surface area contributed by atoms with Gasteiger partial charge in [0.25, 0.3) is 0 Å². The molecule has 1 saturated carbocycles. The van der Waals surface area contributed by atoms with Gasteiger partial charge in [0.1, 0.15) is 0 Å². The molecule has 0 aliphatic heterocycles. The van der Waals surface area contributed by atoms with E-state index in [1.165, 1.54) is 12.4 Å². The molecule has 0 bridgehead atoms. The van der Waals surface area contributed by atoms with Crippen LogP contribution in [0.3, 0.4) is 0 Å². The molecule has 1 aromatic heterocycles. The van der Waals surface area contributed by atoms with Crippen LogP contribution in [0.1, 0.15) is 12.8 Å². The van der Waals surface area contributed by atoms with Gasteiger partial charge in [-0.2, -0.15) is 0 Å². The highest BCUT2D eigenvalue weighted by molar-refractivity contribution is 5.90. The number of aromatic nitrogens is 2. The first-order valence-corrected chi connectivity index (χ1v) is 6.14. The van der Waals surface area contributed by atoms with Gasteiger partial charge in [0.2, 0.25) is 11.9 Å². The first kappa shape index (κ1) is 13.4. The smallest absolute Gasteiger partial charge is 0.317 e. The number of aliphatic carboxylic acids is 1. The highest BCUT2D eigenvalue weighted by Gasteiger charge is 2.26. The molecule has 0 saturated heterocycles. The van der Waals surface area contributed by atoms with Gasteiger partial charge < -0.3 is 5.11 Å². The van der Waals surface area contributed by atoms with Crippen molar-refractivity contribution in [1.29, 1.82) is 0 Å². The van der Waals surface area contributed by atoms with Gasteiger partial charge >= 0.3 is 5.97 Å². The maximum absolute atomic E-state index is 11.8. The van der Waals surface area contributed by atoms with Gasteiger partial charge in [-0.25, -0.2) is 9.97 Å². The fraction of sp³-hybridized carbons (Fsp3) is 0.500. The summed E-state index contributed by atoms with van der Waals surface area (Å²) < 4.78 is 0. The van der Waals surface area contributed by atoms with Gasteiger partial charge in [0, 0.05) is 18.9 Å². The maximum Gasteiger partial charge on any atom is 0.317 e. The molecule has 2 N–H and O–H groups in total. The van der Waals surface area contributed by atoms with E-state index in [9.17, 15) is 9.59 Å². The monoisotopic (exact) mass is 264 g/mol. The highest BCUT2D eigenvalue weighted by Crippen LogP contribution is 2.29. The summed E-state index contributed by atoms with van der Waals surface area (Å²) in [7, 11) is 0. The molecule has 1 amide bonds. The van der Waals surface area contributed by atoms with E-state index in [2.05, 4.69) is 15.3 Å². The van der Waals surface area contributed by atoms with Crippen LogP contribution in [-0.2, 0) is 9.59 Å². The van der Waals surface area contributed by atoms with Crippen LogP contribution in [0.2, 0.25) is 0 Å². The lowest BCUT2D eigenvalue weighted by Gasteiger charge is -2.18. The molecule has 102 valence electrons. The van der Waals surface area contributed by atoms with E-state index >= 15 is 0 Å². The van der Waals surface area contributed by atoms with Gasteiger partial charge in [-0.3, -0.25) is 19.8 Å². The Morgan fingerprint density at radius 3 is 2.58 bits per heavy atom. The zero-order valence-corrected chi connectivity index (χ0v) is 10.5. The van der Waals surface area contributed by atoms with Crippen LogP contribution >= 0.6 is 0 Å². The minimum Gasteiger partial charge on any atom is -0.480 e. The molecule has 7 nitrogen and oxygen atoms in total. The van der Waals surface area contributed by atoms with Crippen molar-refractivity contribution in [3.8, 4) is 0 Å². The Balaban J connectivity index is 1.84. The zero-order chi connectivity index (χ0) is 13.7. The Labute approximate surface area is 110 Å². The molecule has 1 fully saturated rings. The lowest BCUT2D eigenvalue weighted by molar-refractivity contribution is -0.138. The van der Waals surface area contributed by atoms with Crippen molar-refractivity contribution in [2.45, 2.75) is 12.8 Å². The first-order chi connectivity index (χ1) is 9.13. The van der Waals surface area contributed by atoms with Crippen LogP contribution in [0, 0.1) is 5.92 Å². The third-order valence-electron chi connectivity index (χ3n) is 2.76. The SMILES string of the molecule is O=C(O)CN(CC(=O)Nc1ncccn1)CC1CC1. The fourth-order valence-corrected chi connectivity index (χ4v) is 1.77. The fourth-order valence-electron chi connectivity index (χ4n) is 1.77. The number of nitrogens with one attached hydrogen (secondary N) is 1. The number of nitrogens with zero attached hydrogens (tertiary/aromatic N) is 3. The van der Waals surface area contributed by atoms with E-state index in [0.717, 1.165) is 12.8 Å². The summed E-state index contributed by atoms with van der Waals surface area (Å²) in [6, 6.07) is 1.65. The van der Waals surface area contributed by atoms with E-state index in [1.807, 2.05) is 0 Å². The van der Waals surface area contributed by atoms with Crippen molar-refractivity contribution in [1.82, 2.24) is 14.9 Å². The Kier molecular flexibility index (Phi) is 4.40. The van der Waals surface area contributed by atoms with E-state index in [4.69, 9.17) is 5.11 Å². The largest absolute Gasteiger partial charge is 0.480 e. The van der Waals surface area contributed by atoms with E-state index in [1.54, 1.807) is 11.0 Å². The molecular formula is C12H16N4O3. The number of carboxylic acids is 1. The average Bonchev–Trinajstić information content (AvgIpc) is 3.13. The van der Waals surface area contributed by atoms with Crippen LogP contribution in [0.4, 0.5) is 5.95 Å². The Morgan fingerprint density at radius 2 is 2.00 bits per heavy atom. The molecule has 0 spiro atoms. The zero-order valence-electron chi connectivity index (χ0n) is 10.5. The summed E-state index contributed by atoms with van der Waals surface area (Å²) in [5, 5.41) is 11.4. The molecule has 1 heterocycles. The molecule has 0 aromatic carbocycles. The van der Waals surface area contributed by atoms with Crippen LogP contribution in [0.5, 0.6) is 0 Å². The number of carbonyl (C=O) groups excluding carboxylic acids is 1. The number of anilines is 1. The van der Waals surface area contributed by atoms with Gasteiger partial charge in [-0.1, -0.05) is 0 Å². The molecule has 0 radical (unpaired) electrons. The van der Waals surface area contributed by atoms with Crippen LogP contribution in [-0.4, -0.2) is 51.5 Å². The summed E-state index contributed by atoms with van der Waals surface area (Å²) in [6.07, 6.45) is 5.28. The molecule has 19 heavy (non-hydrogen) atoms. The van der Waals surface area contributed by atoms with Gasteiger partial charge in [0.15, 0.2) is 0 Å². The van der Waals surface area contributed by atoms with Crippen molar-refractivity contribution in [3.05, 3.63) is 18.5 Å². The van der Waals surface area contributed by atoms with E-state index < -0.39 is 5.97 Å². The molecule has 1 aromatic rings. The van der Waals surface area contributed by atoms with E-state index in [-0.39, 0.29) is 24.9 Å². The standard InChI is InChI=1S/C12H16N4O3/c17-10(15-12-13-4-1-5-14-12)7-16(8-11(18)19)6-9-2-3-9/h1,4-5,9H,2-3,6-8H2,(H,18,19)(H,13,14,15,17). The number of hydrogen-bond acceptors (Lipinski definition) is 5. The third-order valence-corrected chi connectivity index (χ3v) is 2.76. The van der Waals surface area contributed by atoms with Gasteiger partial charge in [0.05, 0.1) is 13.1 Å². The van der Waals surface area contributed by atoms with Crippen molar-refractivity contribution < 1.29 is 14.7 Å². The second-order valence-corrected chi connectivity index (χ2v) is 4.63. The summed E-state index contributed by atoms with van der Waals surface area (Å²) >= 11 is 0. The summed E-state index contributed by atoms with van der Waals surface area (Å²) in [4.78, 5) is 31.9. The second kappa shape index (κ2) is 6.24. The van der Waals surface area contributed by atoms with Crippen molar-refractivity contribution in [2.24, 2.45) is 5.92 Å². The summed E-state index contributed by atoms with van der Waals surface area (Å²) in [5.41, 5.74) is 0. The molecule has 1 aliphatic rings. The Morgan fingerprint density at radius 1 is 1.32 bits per heavy atom. The minimum absolute atomic E-state index is 0.0427. The predicted octanol–water partition coefficient (Wildman–Crippen LogP) is 0.212. The molecule has 0 atom stereocenters. The predicted molar refractivity (Wildman–Crippen MR) is 67.5 cm³/mol. The average molecular weight is 264 g/mol. The lowest BCUT2D eigenvalue weighted by Crippen LogP contribution is -2.38. The van der Waals surface area contributed by atoms with Crippen molar-refractivity contribution in [3.63, 3.8) is 0 Å².